The third-order valence-electron chi connectivity index (χ3n) is 3.36. The van der Waals surface area contributed by atoms with Crippen molar-refractivity contribution in [3.05, 3.63) is 56.7 Å². The van der Waals surface area contributed by atoms with E-state index in [-0.39, 0.29) is 41.0 Å². The number of esters is 1. The number of fused-ring (bicyclic) bond motifs is 1. The Morgan fingerprint density at radius 1 is 1.48 bits per heavy atom. The number of aromatic amines is 1. The van der Waals surface area contributed by atoms with E-state index in [0.717, 1.165) is 10.7 Å². The van der Waals surface area contributed by atoms with Gasteiger partial charge in [-0.3, -0.25) is 9.89 Å². The number of carbonyl (C=O) groups excluding carboxylic acids is 1. The first-order valence-corrected chi connectivity index (χ1v) is 7.70. The van der Waals surface area contributed by atoms with Crippen molar-refractivity contribution in [3.8, 4) is 0 Å². The summed E-state index contributed by atoms with van der Waals surface area (Å²) in [7, 11) is 0. The molecule has 0 saturated heterocycles. The van der Waals surface area contributed by atoms with Crippen LogP contribution in [-0.2, 0) is 11.3 Å². The number of benzene rings is 1. The van der Waals surface area contributed by atoms with E-state index in [2.05, 4.69) is 20.4 Å². The average molecular weight is 366 g/mol. The van der Waals surface area contributed by atoms with Crippen molar-refractivity contribution in [1.82, 2.24) is 19.6 Å². The number of carbonyl (C=O) groups is 1. The molecule has 25 heavy (non-hydrogen) atoms. The molecule has 2 N–H and O–H groups in total. The number of rotatable bonds is 5. The fourth-order valence-corrected chi connectivity index (χ4v) is 2.39. The second kappa shape index (κ2) is 6.89. The molecule has 0 fully saturated rings. The Morgan fingerprint density at radius 3 is 3.00 bits per heavy atom. The first-order chi connectivity index (χ1) is 12.0. The zero-order valence-electron chi connectivity index (χ0n) is 13.0. The number of nitrogens with zero attached hydrogens (tertiary/aromatic N) is 3. The zero-order chi connectivity index (χ0) is 18.0. The summed E-state index contributed by atoms with van der Waals surface area (Å²) in [6.45, 7) is 1.82. The van der Waals surface area contributed by atoms with Gasteiger partial charge in [0.05, 0.1) is 12.8 Å². The molecule has 0 spiro atoms. The summed E-state index contributed by atoms with van der Waals surface area (Å²) < 4.78 is 19.6. The quantitative estimate of drug-likeness (QED) is 0.670. The lowest BCUT2D eigenvalue weighted by molar-refractivity contribution is 0.0523. The van der Waals surface area contributed by atoms with Gasteiger partial charge in [-0.05, 0) is 19.1 Å². The molecule has 3 rings (SSSR count). The molecule has 0 aliphatic heterocycles. The van der Waals surface area contributed by atoms with Gasteiger partial charge < -0.3 is 10.1 Å². The molecule has 0 aliphatic carbocycles. The smallest absolute Gasteiger partial charge is 0.345 e. The molecule has 8 nitrogen and oxygen atoms in total. The third kappa shape index (κ3) is 3.31. The molecule has 0 amide bonds. The van der Waals surface area contributed by atoms with Gasteiger partial charge in [-0.1, -0.05) is 17.7 Å². The SMILES string of the molecule is CCOC(=O)c1cnc2nc(NCc3c(F)cccc3Cl)[nH]n2c1=O. The molecule has 0 bridgehead atoms. The third-order valence-corrected chi connectivity index (χ3v) is 3.72. The highest BCUT2D eigenvalue weighted by Crippen LogP contribution is 2.19. The van der Waals surface area contributed by atoms with Gasteiger partial charge in [0.1, 0.15) is 11.4 Å². The molecule has 10 heteroatoms. The molecular weight excluding hydrogens is 353 g/mol. The average Bonchev–Trinajstić information content (AvgIpc) is 2.99. The van der Waals surface area contributed by atoms with Crippen molar-refractivity contribution in [3.63, 3.8) is 0 Å². The molecule has 0 aliphatic rings. The highest BCUT2D eigenvalue weighted by Gasteiger charge is 2.16. The van der Waals surface area contributed by atoms with Crippen molar-refractivity contribution in [2.45, 2.75) is 13.5 Å². The van der Waals surface area contributed by atoms with Crippen LogP contribution >= 0.6 is 11.6 Å². The van der Waals surface area contributed by atoms with E-state index in [4.69, 9.17) is 16.3 Å². The minimum Gasteiger partial charge on any atom is -0.462 e. The van der Waals surface area contributed by atoms with Gasteiger partial charge in [0.2, 0.25) is 5.95 Å². The van der Waals surface area contributed by atoms with Crippen LogP contribution < -0.4 is 10.9 Å². The van der Waals surface area contributed by atoms with Crippen LogP contribution in [0, 0.1) is 5.82 Å². The first kappa shape index (κ1) is 16.9. The summed E-state index contributed by atoms with van der Waals surface area (Å²) >= 11 is 5.96. The number of hydrogen-bond acceptors (Lipinski definition) is 6. The van der Waals surface area contributed by atoms with Crippen LogP contribution in [0.5, 0.6) is 0 Å². The topological polar surface area (TPSA) is 101 Å². The van der Waals surface area contributed by atoms with Gasteiger partial charge in [0, 0.05) is 17.1 Å². The Kier molecular flexibility index (Phi) is 4.66. The predicted molar refractivity (Wildman–Crippen MR) is 88.3 cm³/mol. The van der Waals surface area contributed by atoms with E-state index < -0.39 is 17.3 Å². The van der Waals surface area contributed by atoms with Gasteiger partial charge in [0.15, 0.2) is 0 Å². The van der Waals surface area contributed by atoms with Gasteiger partial charge in [0.25, 0.3) is 11.3 Å². The van der Waals surface area contributed by atoms with Crippen LogP contribution in [0.15, 0.2) is 29.2 Å². The van der Waals surface area contributed by atoms with Crippen LogP contribution in [0.2, 0.25) is 5.02 Å². The minimum absolute atomic E-state index is 0.0464. The maximum Gasteiger partial charge on any atom is 0.345 e. The standard InChI is InChI=1S/C15H13ClFN5O3/c1-2-25-13(24)9-7-19-15-20-14(21-22(15)12(9)23)18-6-8-10(16)4-3-5-11(8)17/h3-5,7H,2,6H2,1H3,(H2,18,19,20,21). The maximum atomic E-state index is 13.8. The van der Waals surface area contributed by atoms with Crippen molar-refractivity contribution in [2.24, 2.45) is 0 Å². The lowest BCUT2D eigenvalue weighted by atomic mass is 10.2. The number of ether oxygens (including phenoxy) is 1. The zero-order valence-corrected chi connectivity index (χ0v) is 13.8. The summed E-state index contributed by atoms with van der Waals surface area (Å²) in [5, 5.41) is 5.75. The molecule has 3 aromatic rings. The van der Waals surface area contributed by atoms with Crippen LogP contribution in [0.4, 0.5) is 10.3 Å². The van der Waals surface area contributed by atoms with Gasteiger partial charge in [-0.15, -0.1) is 0 Å². The Morgan fingerprint density at radius 2 is 2.28 bits per heavy atom. The van der Waals surface area contributed by atoms with Gasteiger partial charge in [-0.2, -0.15) is 9.50 Å². The molecule has 0 radical (unpaired) electrons. The summed E-state index contributed by atoms with van der Waals surface area (Å²) in [4.78, 5) is 32.0. The van der Waals surface area contributed by atoms with Crippen molar-refractivity contribution in [2.75, 3.05) is 11.9 Å². The lowest BCUT2D eigenvalue weighted by Gasteiger charge is -2.06. The Hall–Kier alpha value is -2.94. The molecule has 0 unspecified atom stereocenters. The lowest BCUT2D eigenvalue weighted by Crippen LogP contribution is -2.24. The van der Waals surface area contributed by atoms with E-state index in [1.54, 1.807) is 13.0 Å². The van der Waals surface area contributed by atoms with Crippen molar-refractivity contribution < 1.29 is 13.9 Å². The van der Waals surface area contributed by atoms with Gasteiger partial charge >= 0.3 is 5.97 Å². The fraction of sp³-hybridized carbons (Fsp3) is 0.200. The summed E-state index contributed by atoms with van der Waals surface area (Å²) in [5.41, 5.74) is -0.600. The van der Waals surface area contributed by atoms with Crippen LogP contribution in [-0.4, -0.2) is 32.2 Å². The molecule has 2 aromatic heterocycles. The number of nitrogens with one attached hydrogen (secondary N) is 2. The Bertz CT molecular complexity index is 980. The molecule has 0 saturated carbocycles. The van der Waals surface area contributed by atoms with E-state index in [1.807, 2.05) is 0 Å². The highest BCUT2D eigenvalue weighted by atomic mass is 35.5. The summed E-state index contributed by atoms with van der Waals surface area (Å²) in [6, 6.07) is 4.36. The first-order valence-electron chi connectivity index (χ1n) is 7.33. The van der Waals surface area contributed by atoms with Crippen LogP contribution in [0.3, 0.4) is 0 Å². The largest absolute Gasteiger partial charge is 0.462 e. The number of halogens is 2. The Labute approximate surface area is 145 Å². The second-order valence-electron chi connectivity index (χ2n) is 4.96. The highest BCUT2D eigenvalue weighted by molar-refractivity contribution is 6.31. The number of hydrogen-bond donors (Lipinski definition) is 2. The molecule has 130 valence electrons. The normalized spacial score (nSPS) is 10.8. The number of aromatic nitrogens is 4. The number of H-pyrrole nitrogens is 1. The molecule has 2 heterocycles. The van der Waals surface area contributed by atoms with E-state index >= 15 is 0 Å². The summed E-state index contributed by atoms with van der Waals surface area (Å²) in [5.74, 6) is -1.00. The fourth-order valence-electron chi connectivity index (χ4n) is 2.16. The molecule has 0 atom stereocenters. The van der Waals surface area contributed by atoms with E-state index in [9.17, 15) is 14.0 Å². The van der Waals surface area contributed by atoms with E-state index in [1.165, 1.54) is 12.1 Å². The Balaban J connectivity index is 1.88. The van der Waals surface area contributed by atoms with Crippen LogP contribution in [0.1, 0.15) is 22.8 Å². The molecule has 1 aromatic carbocycles. The maximum absolute atomic E-state index is 13.8. The predicted octanol–water partition coefficient (Wildman–Crippen LogP) is 2.00. The van der Waals surface area contributed by atoms with Crippen molar-refractivity contribution in [1.29, 1.82) is 0 Å². The minimum atomic E-state index is -0.767. The summed E-state index contributed by atoms with van der Waals surface area (Å²) in [6.07, 6.45) is 1.11. The van der Waals surface area contributed by atoms with E-state index in [0.29, 0.717) is 0 Å². The second-order valence-corrected chi connectivity index (χ2v) is 5.37. The van der Waals surface area contributed by atoms with Gasteiger partial charge in [-0.25, -0.2) is 14.2 Å². The van der Waals surface area contributed by atoms with Crippen LogP contribution in [0.25, 0.3) is 5.78 Å². The number of anilines is 1. The monoisotopic (exact) mass is 365 g/mol. The molecular formula is C15H13ClFN5O3. The van der Waals surface area contributed by atoms with Crippen molar-refractivity contribution >= 4 is 29.3 Å².